The maximum absolute atomic E-state index is 3.86. The number of benzene rings is 1. The van der Waals surface area contributed by atoms with Gasteiger partial charge in [-0.05, 0) is 49.1 Å². The smallest absolute Gasteiger partial charge is 0.0339 e. The molecule has 0 aromatic heterocycles. The second-order valence-corrected chi connectivity index (χ2v) is 7.13. The van der Waals surface area contributed by atoms with Crippen molar-refractivity contribution < 1.29 is 0 Å². The number of fused-ring (bicyclic) bond motifs is 1. The van der Waals surface area contributed by atoms with Crippen molar-refractivity contribution in [2.24, 2.45) is 5.92 Å². The lowest BCUT2D eigenvalue weighted by Gasteiger charge is -2.27. The number of nitrogens with one attached hydrogen (secondary N) is 1. The van der Waals surface area contributed by atoms with Gasteiger partial charge < -0.3 is 5.32 Å². The largest absolute Gasteiger partial charge is 0.310 e. The fraction of sp³-hybridized carbons (Fsp3) is 0.647. The minimum atomic E-state index is 0.598. The van der Waals surface area contributed by atoms with E-state index in [9.17, 15) is 0 Å². The first kappa shape index (κ1) is 13.5. The Labute approximate surface area is 121 Å². The normalized spacial score (nSPS) is 24.7. The number of rotatable bonds is 3. The van der Waals surface area contributed by atoms with Gasteiger partial charge in [0.2, 0.25) is 0 Å². The van der Waals surface area contributed by atoms with Crippen LogP contribution in [-0.4, -0.2) is 12.3 Å². The molecule has 104 valence electrons. The Balaban J connectivity index is 1.58. The Kier molecular flexibility index (Phi) is 4.84. The minimum absolute atomic E-state index is 0.598. The van der Waals surface area contributed by atoms with E-state index >= 15 is 0 Å². The summed E-state index contributed by atoms with van der Waals surface area (Å²) in [4.78, 5) is 1.49. The highest BCUT2D eigenvalue weighted by Gasteiger charge is 2.21. The molecule has 1 nitrogen and oxygen atoms in total. The van der Waals surface area contributed by atoms with Crippen LogP contribution < -0.4 is 5.32 Å². The molecule has 0 radical (unpaired) electrons. The first-order valence-corrected chi connectivity index (χ1v) is 8.87. The zero-order chi connectivity index (χ0) is 12.9. The summed E-state index contributed by atoms with van der Waals surface area (Å²) >= 11 is 2.02. The summed E-state index contributed by atoms with van der Waals surface area (Å²) in [6.07, 6.45) is 9.98. The molecule has 1 aromatic rings. The molecule has 2 aliphatic rings. The first-order chi connectivity index (χ1) is 9.43. The van der Waals surface area contributed by atoms with E-state index in [2.05, 4.69) is 29.6 Å². The summed E-state index contributed by atoms with van der Waals surface area (Å²) in [6.45, 7) is 1.23. The van der Waals surface area contributed by atoms with E-state index < -0.39 is 0 Å². The van der Waals surface area contributed by atoms with Crippen LogP contribution in [0.3, 0.4) is 0 Å². The Bertz CT molecular complexity index is 396. The van der Waals surface area contributed by atoms with Crippen LogP contribution in [-0.2, 0) is 0 Å². The van der Waals surface area contributed by atoms with Crippen LogP contribution in [0.15, 0.2) is 29.2 Å². The van der Waals surface area contributed by atoms with Gasteiger partial charge in [0, 0.05) is 10.9 Å². The second kappa shape index (κ2) is 6.81. The van der Waals surface area contributed by atoms with Gasteiger partial charge in [-0.1, -0.05) is 43.9 Å². The van der Waals surface area contributed by atoms with E-state index in [1.54, 1.807) is 0 Å². The summed E-state index contributed by atoms with van der Waals surface area (Å²) in [5.74, 6) is 2.18. The van der Waals surface area contributed by atoms with Gasteiger partial charge in [0.1, 0.15) is 0 Å². The third kappa shape index (κ3) is 3.55. The van der Waals surface area contributed by atoms with Gasteiger partial charge >= 0.3 is 0 Å². The third-order valence-corrected chi connectivity index (χ3v) is 5.71. The van der Waals surface area contributed by atoms with Crippen LogP contribution in [0.5, 0.6) is 0 Å². The summed E-state index contributed by atoms with van der Waals surface area (Å²) in [7, 11) is 0. The van der Waals surface area contributed by atoms with Crippen LogP contribution >= 0.6 is 11.8 Å². The molecule has 1 unspecified atom stereocenters. The van der Waals surface area contributed by atoms with E-state index in [0.717, 1.165) is 5.92 Å². The van der Waals surface area contributed by atoms with Crippen molar-refractivity contribution in [3.63, 3.8) is 0 Å². The van der Waals surface area contributed by atoms with Gasteiger partial charge in [-0.15, -0.1) is 11.8 Å². The van der Waals surface area contributed by atoms with Crippen LogP contribution in [0.4, 0.5) is 0 Å². The number of hydrogen-bond donors (Lipinski definition) is 1. The van der Waals surface area contributed by atoms with E-state index in [0.29, 0.717) is 6.04 Å². The Morgan fingerprint density at radius 2 is 1.79 bits per heavy atom. The van der Waals surface area contributed by atoms with Crippen LogP contribution in [0, 0.1) is 5.92 Å². The number of hydrogen-bond acceptors (Lipinski definition) is 2. The molecule has 1 N–H and O–H groups in total. The van der Waals surface area contributed by atoms with Crippen molar-refractivity contribution in [3.05, 3.63) is 29.8 Å². The Morgan fingerprint density at radius 1 is 1.00 bits per heavy atom. The van der Waals surface area contributed by atoms with Crippen molar-refractivity contribution in [1.29, 1.82) is 0 Å². The molecule has 0 amide bonds. The van der Waals surface area contributed by atoms with Crippen molar-refractivity contribution in [2.45, 2.75) is 55.9 Å². The molecule has 1 aliphatic carbocycles. The van der Waals surface area contributed by atoms with Crippen LogP contribution in [0.2, 0.25) is 0 Å². The lowest BCUT2D eigenvalue weighted by molar-refractivity contribution is 0.387. The van der Waals surface area contributed by atoms with E-state index in [1.807, 2.05) is 11.8 Å². The maximum Gasteiger partial charge on any atom is 0.0339 e. The van der Waals surface area contributed by atoms with E-state index in [1.165, 1.54) is 67.7 Å². The molecular formula is C17H25NS. The molecule has 1 aliphatic heterocycles. The van der Waals surface area contributed by atoms with Crippen molar-refractivity contribution >= 4 is 11.8 Å². The highest BCUT2D eigenvalue weighted by molar-refractivity contribution is 7.99. The predicted molar refractivity (Wildman–Crippen MR) is 83.7 cm³/mol. The predicted octanol–water partition coefficient (Wildman–Crippen LogP) is 4.78. The lowest BCUT2D eigenvalue weighted by Crippen LogP contribution is -2.29. The van der Waals surface area contributed by atoms with Crippen LogP contribution in [0.1, 0.15) is 56.6 Å². The van der Waals surface area contributed by atoms with Crippen LogP contribution in [0.25, 0.3) is 0 Å². The van der Waals surface area contributed by atoms with Crippen molar-refractivity contribution in [1.82, 2.24) is 5.32 Å². The SMILES string of the molecule is c1ccc2c(c1)SCCC2NCC1CCCCCC1. The molecule has 1 fully saturated rings. The highest BCUT2D eigenvalue weighted by Crippen LogP contribution is 2.36. The topological polar surface area (TPSA) is 12.0 Å². The zero-order valence-corrected chi connectivity index (χ0v) is 12.6. The minimum Gasteiger partial charge on any atom is -0.310 e. The molecule has 0 saturated heterocycles. The summed E-state index contributed by atoms with van der Waals surface area (Å²) in [5, 5.41) is 3.86. The molecule has 1 aromatic carbocycles. The van der Waals surface area contributed by atoms with E-state index in [-0.39, 0.29) is 0 Å². The fourth-order valence-corrected chi connectivity index (χ4v) is 4.56. The molecule has 3 rings (SSSR count). The fourth-order valence-electron chi connectivity index (χ4n) is 3.43. The average molecular weight is 275 g/mol. The van der Waals surface area contributed by atoms with Gasteiger partial charge in [-0.3, -0.25) is 0 Å². The second-order valence-electron chi connectivity index (χ2n) is 5.99. The monoisotopic (exact) mass is 275 g/mol. The van der Waals surface area contributed by atoms with Crippen molar-refractivity contribution in [3.8, 4) is 0 Å². The Hall–Kier alpha value is -0.470. The molecule has 1 saturated carbocycles. The van der Waals surface area contributed by atoms with Gasteiger partial charge in [0.05, 0.1) is 0 Å². The van der Waals surface area contributed by atoms with Gasteiger partial charge in [0.15, 0.2) is 0 Å². The molecule has 19 heavy (non-hydrogen) atoms. The van der Waals surface area contributed by atoms with Gasteiger partial charge in [0.25, 0.3) is 0 Å². The van der Waals surface area contributed by atoms with E-state index in [4.69, 9.17) is 0 Å². The maximum atomic E-state index is 3.86. The quantitative estimate of drug-likeness (QED) is 0.796. The zero-order valence-electron chi connectivity index (χ0n) is 11.7. The molecule has 1 atom stereocenters. The lowest BCUT2D eigenvalue weighted by atomic mass is 9.98. The first-order valence-electron chi connectivity index (χ1n) is 7.88. The Morgan fingerprint density at radius 3 is 2.63 bits per heavy atom. The molecular weight excluding hydrogens is 250 g/mol. The molecule has 0 spiro atoms. The summed E-state index contributed by atoms with van der Waals surface area (Å²) in [5.41, 5.74) is 1.53. The van der Waals surface area contributed by atoms with Gasteiger partial charge in [-0.25, -0.2) is 0 Å². The van der Waals surface area contributed by atoms with Crippen molar-refractivity contribution in [2.75, 3.05) is 12.3 Å². The summed E-state index contributed by atoms with van der Waals surface area (Å²) in [6, 6.07) is 9.54. The average Bonchev–Trinajstić information content (AvgIpc) is 2.74. The standard InChI is InChI=1S/C17H25NS/c1-2-4-8-14(7-3-1)13-18-16-11-12-19-17-10-6-5-9-15(16)17/h5-6,9-10,14,16,18H,1-4,7-8,11-13H2. The highest BCUT2D eigenvalue weighted by atomic mass is 32.2. The molecule has 2 heteroatoms. The molecule has 1 heterocycles. The number of thioether (sulfide) groups is 1. The third-order valence-electron chi connectivity index (χ3n) is 4.59. The molecule has 0 bridgehead atoms. The van der Waals surface area contributed by atoms with Gasteiger partial charge in [-0.2, -0.15) is 0 Å². The summed E-state index contributed by atoms with van der Waals surface area (Å²) < 4.78 is 0.